The number of aromatic amines is 1. The summed E-state index contributed by atoms with van der Waals surface area (Å²) in [4.78, 5) is 21.3. The lowest BCUT2D eigenvalue weighted by atomic mass is 10.1. The van der Waals surface area contributed by atoms with Gasteiger partial charge in [0.15, 0.2) is 5.82 Å². The number of morpholine rings is 1. The zero-order valence-electron chi connectivity index (χ0n) is 16.0. The van der Waals surface area contributed by atoms with Gasteiger partial charge in [0.25, 0.3) is 0 Å². The maximum absolute atomic E-state index is 5.50. The lowest BCUT2D eigenvalue weighted by molar-refractivity contribution is 0.122. The van der Waals surface area contributed by atoms with Crippen molar-refractivity contribution in [3.63, 3.8) is 0 Å². The van der Waals surface area contributed by atoms with Crippen molar-refractivity contribution >= 4 is 22.8 Å². The molecule has 1 aromatic carbocycles. The molecule has 146 valence electrons. The first-order chi connectivity index (χ1) is 13.8. The molecule has 2 aliphatic rings. The van der Waals surface area contributed by atoms with Crippen LogP contribution in [0.5, 0.6) is 0 Å². The first-order valence-electron chi connectivity index (χ1n) is 9.73. The van der Waals surface area contributed by atoms with Crippen molar-refractivity contribution in [3.05, 3.63) is 24.4 Å². The van der Waals surface area contributed by atoms with Crippen LogP contribution in [0, 0.1) is 0 Å². The highest BCUT2D eigenvalue weighted by atomic mass is 16.5. The van der Waals surface area contributed by atoms with E-state index in [0.717, 1.165) is 67.6 Å². The molecule has 9 nitrogen and oxygen atoms in total. The van der Waals surface area contributed by atoms with Crippen molar-refractivity contribution in [1.82, 2.24) is 30.0 Å². The van der Waals surface area contributed by atoms with E-state index < -0.39 is 0 Å². The third kappa shape index (κ3) is 3.27. The van der Waals surface area contributed by atoms with Crippen LogP contribution >= 0.6 is 0 Å². The molecule has 4 heterocycles. The van der Waals surface area contributed by atoms with Crippen LogP contribution in [0.3, 0.4) is 0 Å². The van der Waals surface area contributed by atoms with Gasteiger partial charge in [0, 0.05) is 50.2 Å². The number of nitrogens with zero attached hydrogens (tertiary/aromatic N) is 7. The monoisotopic (exact) mass is 380 g/mol. The summed E-state index contributed by atoms with van der Waals surface area (Å²) in [7, 11) is 2.15. The molecule has 2 fully saturated rings. The first kappa shape index (κ1) is 17.3. The number of aromatic nitrogens is 5. The molecule has 0 saturated carbocycles. The SMILES string of the molecule is CN1CCN(c2nc(-c3cccc4[nH]ncc34)nc(N3CCOCC3)n2)CC1. The van der Waals surface area contributed by atoms with Gasteiger partial charge in [-0.1, -0.05) is 12.1 Å². The third-order valence-corrected chi connectivity index (χ3v) is 5.42. The molecule has 3 aromatic rings. The number of anilines is 2. The van der Waals surface area contributed by atoms with E-state index in [4.69, 9.17) is 19.7 Å². The molecule has 2 aliphatic heterocycles. The Hall–Kier alpha value is -2.78. The quantitative estimate of drug-likeness (QED) is 0.720. The van der Waals surface area contributed by atoms with E-state index in [0.29, 0.717) is 19.0 Å². The smallest absolute Gasteiger partial charge is 0.230 e. The highest BCUT2D eigenvalue weighted by Crippen LogP contribution is 2.28. The molecule has 5 rings (SSSR count). The molecule has 0 aliphatic carbocycles. The standard InChI is InChI=1S/C19H24N8O/c1-25-5-7-26(8-6-25)18-21-17(14-3-2-4-16-15(14)13-20-24-16)22-19(23-18)27-9-11-28-12-10-27/h2-4,13H,5-12H2,1H3,(H,20,24). The van der Waals surface area contributed by atoms with Crippen molar-refractivity contribution in [2.45, 2.75) is 0 Å². The summed E-state index contributed by atoms with van der Waals surface area (Å²) in [6.07, 6.45) is 1.83. The molecule has 0 amide bonds. The van der Waals surface area contributed by atoms with E-state index in [-0.39, 0.29) is 0 Å². The minimum atomic E-state index is 0.692. The molecule has 0 unspecified atom stereocenters. The fraction of sp³-hybridized carbons (Fsp3) is 0.474. The summed E-state index contributed by atoms with van der Waals surface area (Å²) in [5, 5.41) is 8.23. The van der Waals surface area contributed by atoms with Gasteiger partial charge in [-0.05, 0) is 13.1 Å². The van der Waals surface area contributed by atoms with E-state index in [9.17, 15) is 0 Å². The topological polar surface area (TPSA) is 86.3 Å². The highest BCUT2D eigenvalue weighted by Gasteiger charge is 2.22. The second-order valence-electron chi connectivity index (χ2n) is 7.29. The first-order valence-corrected chi connectivity index (χ1v) is 9.73. The molecule has 0 spiro atoms. The molecule has 0 bridgehead atoms. The Kier molecular flexibility index (Phi) is 4.53. The third-order valence-electron chi connectivity index (χ3n) is 5.42. The molecular weight excluding hydrogens is 356 g/mol. The van der Waals surface area contributed by atoms with Gasteiger partial charge in [-0.3, -0.25) is 5.10 Å². The number of hydrogen-bond donors (Lipinski definition) is 1. The number of benzene rings is 1. The van der Waals surface area contributed by atoms with Crippen LogP contribution in [0.4, 0.5) is 11.9 Å². The van der Waals surface area contributed by atoms with Crippen molar-refractivity contribution in [2.75, 3.05) is 69.3 Å². The highest BCUT2D eigenvalue weighted by molar-refractivity contribution is 5.92. The molecule has 28 heavy (non-hydrogen) atoms. The van der Waals surface area contributed by atoms with Crippen LogP contribution in [0.25, 0.3) is 22.3 Å². The Morgan fingerprint density at radius 1 is 0.893 bits per heavy atom. The largest absolute Gasteiger partial charge is 0.378 e. The van der Waals surface area contributed by atoms with Crippen LogP contribution < -0.4 is 9.80 Å². The normalized spacial score (nSPS) is 18.8. The number of hydrogen-bond acceptors (Lipinski definition) is 8. The molecule has 2 saturated heterocycles. The maximum Gasteiger partial charge on any atom is 0.230 e. The van der Waals surface area contributed by atoms with Crippen molar-refractivity contribution in [2.24, 2.45) is 0 Å². The zero-order chi connectivity index (χ0) is 18.9. The number of nitrogens with one attached hydrogen (secondary N) is 1. The van der Waals surface area contributed by atoms with Crippen LogP contribution in [0.15, 0.2) is 24.4 Å². The fourth-order valence-electron chi connectivity index (χ4n) is 3.69. The van der Waals surface area contributed by atoms with Gasteiger partial charge >= 0.3 is 0 Å². The average molecular weight is 380 g/mol. The lowest BCUT2D eigenvalue weighted by Crippen LogP contribution is -2.45. The fourth-order valence-corrected chi connectivity index (χ4v) is 3.69. The summed E-state index contributed by atoms with van der Waals surface area (Å²) in [5.41, 5.74) is 1.95. The number of rotatable bonds is 3. The predicted molar refractivity (Wildman–Crippen MR) is 108 cm³/mol. The van der Waals surface area contributed by atoms with E-state index in [1.54, 1.807) is 0 Å². The van der Waals surface area contributed by atoms with Crippen LogP contribution in [-0.2, 0) is 4.74 Å². The van der Waals surface area contributed by atoms with Crippen LogP contribution in [0.2, 0.25) is 0 Å². The molecule has 0 atom stereocenters. The van der Waals surface area contributed by atoms with Gasteiger partial charge in [0.05, 0.1) is 24.9 Å². The lowest BCUT2D eigenvalue weighted by Gasteiger charge is -2.33. The summed E-state index contributed by atoms with van der Waals surface area (Å²) in [5.74, 6) is 2.17. The maximum atomic E-state index is 5.50. The van der Waals surface area contributed by atoms with Gasteiger partial charge in [-0.25, -0.2) is 0 Å². The van der Waals surface area contributed by atoms with Crippen LogP contribution in [0.1, 0.15) is 0 Å². The van der Waals surface area contributed by atoms with E-state index in [1.807, 2.05) is 24.4 Å². The summed E-state index contributed by atoms with van der Waals surface area (Å²) in [6.45, 7) is 6.82. The van der Waals surface area contributed by atoms with Crippen molar-refractivity contribution in [1.29, 1.82) is 0 Å². The number of ether oxygens (including phenoxy) is 1. The second kappa shape index (κ2) is 7.33. The Morgan fingerprint density at radius 3 is 2.36 bits per heavy atom. The van der Waals surface area contributed by atoms with Gasteiger partial charge in [0.2, 0.25) is 11.9 Å². The number of H-pyrrole nitrogens is 1. The molecule has 9 heteroatoms. The van der Waals surface area contributed by atoms with Crippen molar-refractivity contribution in [3.8, 4) is 11.4 Å². The van der Waals surface area contributed by atoms with Gasteiger partial charge < -0.3 is 19.4 Å². The van der Waals surface area contributed by atoms with Crippen molar-refractivity contribution < 1.29 is 4.74 Å². The Bertz CT molecular complexity index is 959. The Morgan fingerprint density at radius 2 is 1.61 bits per heavy atom. The Labute approximate surface area is 163 Å². The second-order valence-corrected chi connectivity index (χ2v) is 7.29. The minimum Gasteiger partial charge on any atom is -0.378 e. The Balaban J connectivity index is 1.59. The molecule has 0 radical (unpaired) electrons. The number of piperazine rings is 1. The summed E-state index contributed by atoms with van der Waals surface area (Å²) in [6, 6.07) is 6.06. The van der Waals surface area contributed by atoms with Crippen LogP contribution in [-0.4, -0.2) is 89.6 Å². The summed E-state index contributed by atoms with van der Waals surface area (Å²) < 4.78 is 5.50. The van der Waals surface area contributed by atoms with Gasteiger partial charge in [0.1, 0.15) is 0 Å². The summed E-state index contributed by atoms with van der Waals surface area (Å²) >= 11 is 0. The minimum absolute atomic E-state index is 0.692. The number of fused-ring (bicyclic) bond motifs is 1. The predicted octanol–water partition coefficient (Wildman–Crippen LogP) is 1.00. The van der Waals surface area contributed by atoms with Gasteiger partial charge in [-0.2, -0.15) is 20.1 Å². The van der Waals surface area contributed by atoms with E-state index in [2.05, 4.69) is 31.9 Å². The van der Waals surface area contributed by atoms with Gasteiger partial charge in [-0.15, -0.1) is 0 Å². The number of likely N-dealkylation sites (N-methyl/N-ethyl adjacent to an activating group) is 1. The average Bonchev–Trinajstić information content (AvgIpc) is 3.23. The van der Waals surface area contributed by atoms with E-state index in [1.165, 1.54) is 0 Å². The zero-order valence-corrected chi connectivity index (χ0v) is 16.0. The molecule has 2 aromatic heterocycles. The van der Waals surface area contributed by atoms with E-state index >= 15 is 0 Å². The molecule has 1 N–H and O–H groups in total. The molecular formula is C19H24N8O.